The minimum atomic E-state index is 0.720. The summed E-state index contributed by atoms with van der Waals surface area (Å²) in [4.78, 5) is 4.04. The highest BCUT2D eigenvalue weighted by molar-refractivity contribution is 9.11. The van der Waals surface area contributed by atoms with Crippen LogP contribution in [0.15, 0.2) is 32.1 Å². The summed E-state index contributed by atoms with van der Waals surface area (Å²) in [7, 11) is 3.55. The normalized spacial score (nSPS) is 11.3. The van der Waals surface area contributed by atoms with Crippen LogP contribution in [-0.4, -0.2) is 20.1 Å². The van der Waals surface area contributed by atoms with Gasteiger partial charge in [-0.05, 0) is 44.0 Å². The fourth-order valence-corrected chi connectivity index (χ4v) is 2.16. The highest BCUT2D eigenvalue weighted by Crippen LogP contribution is 2.30. The molecule has 0 fully saturated rings. The van der Waals surface area contributed by atoms with E-state index in [9.17, 15) is 0 Å². The number of guanidine groups is 1. The molecule has 0 aromatic heterocycles. The predicted molar refractivity (Wildman–Crippen MR) is 67.9 cm³/mol. The van der Waals surface area contributed by atoms with E-state index in [0.717, 1.165) is 20.6 Å². The molecule has 1 aromatic rings. The summed E-state index contributed by atoms with van der Waals surface area (Å²) in [6, 6.07) is 5.90. The molecule has 3 nitrogen and oxygen atoms in total. The average Bonchev–Trinajstić information content (AvgIpc) is 2.18. The van der Waals surface area contributed by atoms with Crippen LogP contribution in [0, 0.1) is 0 Å². The van der Waals surface area contributed by atoms with Crippen molar-refractivity contribution < 1.29 is 0 Å². The molecule has 0 aliphatic heterocycles. The molecule has 76 valence electrons. The molecule has 0 aliphatic carbocycles. The molecule has 0 amide bonds. The summed E-state index contributed by atoms with van der Waals surface area (Å²) in [5, 5.41) is 6.11. The van der Waals surface area contributed by atoms with E-state index in [2.05, 4.69) is 47.5 Å². The van der Waals surface area contributed by atoms with Gasteiger partial charge in [-0.15, -0.1) is 0 Å². The van der Waals surface area contributed by atoms with Gasteiger partial charge < -0.3 is 10.6 Å². The maximum Gasteiger partial charge on any atom is 0.195 e. The molecule has 14 heavy (non-hydrogen) atoms. The quantitative estimate of drug-likeness (QED) is 0.616. The molecule has 1 aromatic carbocycles. The van der Waals surface area contributed by atoms with Gasteiger partial charge in [0.05, 0.1) is 5.69 Å². The topological polar surface area (TPSA) is 36.4 Å². The molecule has 0 radical (unpaired) electrons. The second kappa shape index (κ2) is 5.36. The van der Waals surface area contributed by atoms with Crippen molar-refractivity contribution in [1.82, 2.24) is 5.32 Å². The van der Waals surface area contributed by atoms with Gasteiger partial charge in [0, 0.05) is 23.0 Å². The van der Waals surface area contributed by atoms with Gasteiger partial charge in [-0.2, -0.15) is 0 Å². The number of halogens is 2. The Balaban J connectivity index is 2.96. The third-order valence-electron chi connectivity index (χ3n) is 1.67. The first-order valence-electron chi connectivity index (χ1n) is 4.04. The van der Waals surface area contributed by atoms with Gasteiger partial charge >= 0.3 is 0 Å². The van der Waals surface area contributed by atoms with Crippen molar-refractivity contribution >= 4 is 43.5 Å². The molecule has 5 heteroatoms. The Morgan fingerprint density at radius 1 is 1.29 bits per heavy atom. The maximum atomic E-state index is 4.04. The van der Waals surface area contributed by atoms with Crippen LogP contribution in [0.4, 0.5) is 5.69 Å². The van der Waals surface area contributed by atoms with E-state index in [1.165, 1.54) is 0 Å². The smallest absolute Gasteiger partial charge is 0.195 e. The Labute approximate surface area is 100 Å². The van der Waals surface area contributed by atoms with E-state index in [0.29, 0.717) is 0 Å². The molecule has 0 spiro atoms. The van der Waals surface area contributed by atoms with E-state index in [-0.39, 0.29) is 0 Å². The van der Waals surface area contributed by atoms with Crippen molar-refractivity contribution in [3.8, 4) is 0 Å². The lowest BCUT2D eigenvalue weighted by atomic mass is 10.3. The molecule has 0 bridgehead atoms. The molecule has 0 heterocycles. The Kier molecular flexibility index (Phi) is 4.41. The van der Waals surface area contributed by atoms with Crippen LogP contribution in [0.3, 0.4) is 0 Å². The minimum absolute atomic E-state index is 0.720. The lowest BCUT2D eigenvalue weighted by molar-refractivity contribution is 1.14. The highest BCUT2D eigenvalue weighted by atomic mass is 79.9. The van der Waals surface area contributed by atoms with Gasteiger partial charge in [0.15, 0.2) is 5.96 Å². The Morgan fingerprint density at radius 3 is 2.29 bits per heavy atom. The summed E-state index contributed by atoms with van der Waals surface area (Å²) in [5.41, 5.74) is 0.961. The number of benzene rings is 1. The number of para-hydroxylation sites is 1. The van der Waals surface area contributed by atoms with E-state index < -0.39 is 0 Å². The molecular formula is C9H11Br2N3. The number of hydrogen-bond donors (Lipinski definition) is 2. The lowest BCUT2D eigenvalue weighted by Gasteiger charge is -2.11. The van der Waals surface area contributed by atoms with Crippen LogP contribution >= 0.6 is 31.9 Å². The monoisotopic (exact) mass is 319 g/mol. The van der Waals surface area contributed by atoms with Crippen molar-refractivity contribution in [3.05, 3.63) is 27.1 Å². The number of rotatable bonds is 1. The van der Waals surface area contributed by atoms with Crippen molar-refractivity contribution in [2.45, 2.75) is 0 Å². The van der Waals surface area contributed by atoms with Gasteiger partial charge in [0.2, 0.25) is 0 Å². The van der Waals surface area contributed by atoms with E-state index in [1.54, 1.807) is 7.05 Å². The average molecular weight is 321 g/mol. The van der Waals surface area contributed by atoms with Crippen LogP contribution in [0.1, 0.15) is 0 Å². The standard InChI is InChI=1S/C9H11Br2N3/c1-12-9(13-2)14-8-6(10)4-3-5-7(8)11/h3-5H,1-2H3,(H2,12,13,14). The molecule has 0 saturated carbocycles. The summed E-state index contributed by atoms with van der Waals surface area (Å²) < 4.78 is 1.98. The van der Waals surface area contributed by atoms with Crippen LogP contribution in [0.2, 0.25) is 0 Å². The van der Waals surface area contributed by atoms with Gasteiger partial charge in [-0.1, -0.05) is 6.07 Å². The molecule has 1 rings (SSSR count). The third-order valence-corrected chi connectivity index (χ3v) is 2.99. The Morgan fingerprint density at radius 2 is 1.86 bits per heavy atom. The first-order chi connectivity index (χ1) is 6.69. The number of anilines is 1. The fourth-order valence-electron chi connectivity index (χ4n) is 0.966. The van der Waals surface area contributed by atoms with Crippen LogP contribution in [0.5, 0.6) is 0 Å². The predicted octanol–water partition coefficient (Wildman–Crippen LogP) is 2.83. The highest BCUT2D eigenvalue weighted by Gasteiger charge is 2.05. The number of hydrogen-bond acceptors (Lipinski definition) is 1. The zero-order valence-corrected chi connectivity index (χ0v) is 11.1. The Hall–Kier alpha value is -0.550. The van der Waals surface area contributed by atoms with E-state index in [4.69, 9.17) is 0 Å². The summed E-state index contributed by atoms with van der Waals surface area (Å²) in [6.45, 7) is 0. The summed E-state index contributed by atoms with van der Waals surface area (Å²) in [6.07, 6.45) is 0. The zero-order valence-electron chi connectivity index (χ0n) is 7.94. The SMILES string of the molecule is CN=C(NC)Nc1c(Br)cccc1Br. The van der Waals surface area contributed by atoms with E-state index in [1.807, 2.05) is 25.2 Å². The molecule has 0 aliphatic rings. The first kappa shape index (κ1) is 11.5. The van der Waals surface area contributed by atoms with E-state index >= 15 is 0 Å². The van der Waals surface area contributed by atoms with Gasteiger partial charge in [0.25, 0.3) is 0 Å². The van der Waals surface area contributed by atoms with Crippen molar-refractivity contribution in [2.75, 3.05) is 19.4 Å². The van der Waals surface area contributed by atoms with Crippen LogP contribution < -0.4 is 10.6 Å². The molecule has 0 atom stereocenters. The molecule has 0 unspecified atom stereocenters. The Bertz CT molecular complexity index is 330. The summed E-state index contributed by atoms with van der Waals surface area (Å²) in [5.74, 6) is 0.720. The zero-order chi connectivity index (χ0) is 10.6. The maximum absolute atomic E-state index is 4.04. The fraction of sp³-hybridized carbons (Fsp3) is 0.222. The number of nitrogens with zero attached hydrogens (tertiary/aromatic N) is 1. The third kappa shape index (κ3) is 2.72. The summed E-state index contributed by atoms with van der Waals surface area (Å²) >= 11 is 6.92. The molecular weight excluding hydrogens is 310 g/mol. The first-order valence-corrected chi connectivity index (χ1v) is 5.63. The van der Waals surface area contributed by atoms with Crippen molar-refractivity contribution in [3.63, 3.8) is 0 Å². The van der Waals surface area contributed by atoms with Gasteiger partial charge in [-0.25, -0.2) is 0 Å². The molecule has 2 N–H and O–H groups in total. The van der Waals surface area contributed by atoms with Gasteiger partial charge in [0.1, 0.15) is 0 Å². The second-order valence-electron chi connectivity index (χ2n) is 2.54. The largest absolute Gasteiger partial charge is 0.359 e. The number of aliphatic imine (C=N–C) groups is 1. The molecule has 0 saturated heterocycles. The second-order valence-corrected chi connectivity index (χ2v) is 4.25. The van der Waals surface area contributed by atoms with Crippen LogP contribution in [-0.2, 0) is 0 Å². The lowest BCUT2D eigenvalue weighted by Crippen LogP contribution is -2.27. The van der Waals surface area contributed by atoms with Crippen molar-refractivity contribution in [1.29, 1.82) is 0 Å². The van der Waals surface area contributed by atoms with Crippen molar-refractivity contribution in [2.24, 2.45) is 4.99 Å². The minimum Gasteiger partial charge on any atom is -0.359 e. The van der Waals surface area contributed by atoms with Crippen LogP contribution in [0.25, 0.3) is 0 Å². The number of nitrogens with one attached hydrogen (secondary N) is 2. The van der Waals surface area contributed by atoms with Gasteiger partial charge in [-0.3, -0.25) is 4.99 Å².